The Bertz CT molecular complexity index is 383. The third-order valence-electron chi connectivity index (χ3n) is 1.65. The Kier molecular flexibility index (Phi) is 3.85. The summed E-state index contributed by atoms with van der Waals surface area (Å²) >= 11 is 1.48. The van der Waals surface area contributed by atoms with E-state index < -0.39 is 0 Å². The Labute approximate surface area is 93.2 Å². The van der Waals surface area contributed by atoms with E-state index in [1.807, 2.05) is 19.0 Å². The summed E-state index contributed by atoms with van der Waals surface area (Å²) in [6.45, 7) is 1.51. The minimum absolute atomic E-state index is 0.0110. The number of anilines is 1. The topological polar surface area (TPSA) is 42.4 Å². The molecular formula is C10H14N2O2S. The highest BCUT2D eigenvalue weighted by molar-refractivity contribution is 7.16. The maximum atomic E-state index is 10.8. The number of rotatable bonds is 4. The Morgan fingerprint density at radius 2 is 2.20 bits per heavy atom. The van der Waals surface area contributed by atoms with Crippen molar-refractivity contribution in [1.29, 1.82) is 0 Å². The zero-order valence-corrected chi connectivity index (χ0v) is 10.1. The Morgan fingerprint density at radius 3 is 2.67 bits per heavy atom. The number of allylic oxidation sites excluding steroid dienone is 1. The van der Waals surface area contributed by atoms with Crippen LogP contribution < -0.4 is 9.64 Å². The normalized spacial score (nSPS) is 10.7. The Hall–Kier alpha value is -1.36. The molecular weight excluding hydrogens is 212 g/mol. The van der Waals surface area contributed by atoms with Gasteiger partial charge in [-0.25, -0.2) is 0 Å². The summed E-state index contributed by atoms with van der Waals surface area (Å²) in [5.41, 5.74) is 0. The number of ketones is 1. The van der Waals surface area contributed by atoms with Gasteiger partial charge in [0.25, 0.3) is 0 Å². The third-order valence-corrected chi connectivity index (χ3v) is 2.82. The van der Waals surface area contributed by atoms with Crippen LogP contribution in [-0.2, 0) is 4.79 Å². The largest absolute Gasteiger partial charge is 0.480 e. The van der Waals surface area contributed by atoms with Crippen molar-refractivity contribution >= 4 is 28.3 Å². The molecule has 1 aromatic rings. The van der Waals surface area contributed by atoms with Gasteiger partial charge in [0.1, 0.15) is 0 Å². The van der Waals surface area contributed by atoms with E-state index >= 15 is 0 Å². The van der Waals surface area contributed by atoms with Crippen LogP contribution in [0.5, 0.6) is 5.88 Å². The zero-order valence-electron chi connectivity index (χ0n) is 9.27. The number of thiazole rings is 1. The maximum absolute atomic E-state index is 10.8. The fraction of sp³-hybridized carbons (Fsp3) is 0.400. The van der Waals surface area contributed by atoms with Crippen molar-refractivity contribution in [2.45, 2.75) is 6.92 Å². The summed E-state index contributed by atoms with van der Waals surface area (Å²) in [4.78, 5) is 17.8. The molecule has 1 aromatic heterocycles. The highest BCUT2D eigenvalue weighted by atomic mass is 32.1. The molecule has 0 radical (unpaired) electrons. The smallest absolute Gasteiger partial charge is 0.233 e. The first kappa shape index (κ1) is 11.7. The van der Waals surface area contributed by atoms with Gasteiger partial charge in [-0.15, -0.1) is 0 Å². The average molecular weight is 226 g/mol. The number of carbonyl (C=O) groups excluding carboxylic acids is 1. The summed E-state index contributed by atoms with van der Waals surface area (Å²) in [6.07, 6.45) is 3.24. The van der Waals surface area contributed by atoms with Gasteiger partial charge in [-0.1, -0.05) is 11.3 Å². The number of hydrogen-bond donors (Lipinski definition) is 0. The van der Waals surface area contributed by atoms with Crippen molar-refractivity contribution in [3.05, 3.63) is 11.0 Å². The molecule has 1 heterocycles. The second-order valence-corrected chi connectivity index (χ2v) is 4.22. The monoisotopic (exact) mass is 226 g/mol. The summed E-state index contributed by atoms with van der Waals surface area (Å²) in [7, 11) is 5.40. The number of ether oxygens (including phenoxy) is 1. The first-order valence-corrected chi connectivity index (χ1v) is 5.27. The molecule has 4 nitrogen and oxygen atoms in total. The van der Waals surface area contributed by atoms with Crippen molar-refractivity contribution in [2.24, 2.45) is 0 Å². The summed E-state index contributed by atoms with van der Waals surface area (Å²) in [6, 6.07) is 0. The minimum Gasteiger partial charge on any atom is -0.480 e. The van der Waals surface area contributed by atoms with E-state index in [4.69, 9.17) is 4.74 Å². The molecule has 0 atom stereocenters. The van der Waals surface area contributed by atoms with Crippen LogP contribution in [0, 0.1) is 0 Å². The summed E-state index contributed by atoms with van der Waals surface area (Å²) < 4.78 is 5.12. The van der Waals surface area contributed by atoms with Gasteiger partial charge in [-0.05, 0) is 19.1 Å². The van der Waals surface area contributed by atoms with Gasteiger partial charge >= 0.3 is 0 Å². The molecule has 0 amide bonds. The van der Waals surface area contributed by atoms with Crippen molar-refractivity contribution in [2.75, 3.05) is 26.1 Å². The molecule has 0 aliphatic carbocycles. The molecule has 0 aliphatic rings. The fourth-order valence-corrected chi connectivity index (χ4v) is 1.80. The second-order valence-electron chi connectivity index (χ2n) is 3.21. The molecule has 15 heavy (non-hydrogen) atoms. The van der Waals surface area contributed by atoms with E-state index in [9.17, 15) is 4.79 Å². The summed E-state index contributed by atoms with van der Waals surface area (Å²) in [5.74, 6) is 0.568. The number of nitrogens with zero attached hydrogens (tertiary/aromatic N) is 2. The van der Waals surface area contributed by atoms with Crippen LogP contribution in [0.3, 0.4) is 0 Å². The predicted molar refractivity (Wildman–Crippen MR) is 62.7 cm³/mol. The van der Waals surface area contributed by atoms with Crippen LogP contribution in [0.25, 0.3) is 6.08 Å². The third kappa shape index (κ3) is 3.06. The minimum atomic E-state index is 0.0110. The van der Waals surface area contributed by atoms with Crippen LogP contribution in [-0.4, -0.2) is 32.0 Å². The lowest BCUT2D eigenvalue weighted by Crippen LogP contribution is -2.07. The van der Waals surface area contributed by atoms with Crippen LogP contribution in [0.4, 0.5) is 5.13 Å². The second kappa shape index (κ2) is 4.93. The molecule has 0 N–H and O–H groups in total. The van der Waals surface area contributed by atoms with Crippen LogP contribution in [0.1, 0.15) is 11.8 Å². The number of hydrogen-bond acceptors (Lipinski definition) is 5. The van der Waals surface area contributed by atoms with Crippen LogP contribution in [0.2, 0.25) is 0 Å². The van der Waals surface area contributed by atoms with E-state index in [-0.39, 0.29) is 5.78 Å². The highest BCUT2D eigenvalue weighted by Crippen LogP contribution is 2.31. The van der Waals surface area contributed by atoms with Gasteiger partial charge in [0.15, 0.2) is 10.9 Å². The van der Waals surface area contributed by atoms with E-state index in [1.165, 1.54) is 24.3 Å². The molecule has 0 aromatic carbocycles. The molecule has 0 bridgehead atoms. The number of carbonyl (C=O) groups is 1. The summed E-state index contributed by atoms with van der Waals surface area (Å²) in [5, 5.41) is 0.857. The highest BCUT2D eigenvalue weighted by Gasteiger charge is 2.10. The molecule has 0 spiro atoms. The van der Waals surface area contributed by atoms with E-state index in [0.717, 1.165) is 10.0 Å². The van der Waals surface area contributed by atoms with Gasteiger partial charge in [0.2, 0.25) is 5.88 Å². The molecule has 0 aliphatic heterocycles. The van der Waals surface area contributed by atoms with Crippen molar-refractivity contribution in [3.8, 4) is 5.88 Å². The van der Waals surface area contributed by atoms with Crippen LogP contribution in [0.15, 0.2) is 6.08 Å². The van der Waals surface area contributed by atoms with Gasteiger partial charge in [-0.2, -0.15) is 4.98 Å². The lowest BCUT2D eigenvalue weighted by atomic mass is 10.3. The number of aromatic nitrogens is 1. The quantitative estimate of drug-likeness (QED) is 0.734. The van der Waals surface area contributed by atoms with Gasteiger partial charge in [-0.3, -0.25) is 4.79 Å². The first-order valence-electron chi connectivity index (χ1n) is 4.45. The van der Waals surface area contributed by atoms with E-state index in [1.54, 1.807) is 13.2 Å². The van der Waals surface area contributed by atoms with Crippen molar-refractivity contribution in [3.63, 3.8) is 0 Å². The Balaban J connectivity index is 3.00. The standard InChI is InChI=1S/C10H14N2O2S/c1-7(13)5-6-8-9(14-4)11-10(15-8)12(2)3/h5-6H,1-4H3/b6-5+. The molecule has 1 rings (SSSR count). The van der Waals surface area contributed by atoms with Gasteiger partial charge in [0.05, 0.1) is 12.0 Å². The van der Waals surface area contributed by atoms with E-state index in [2.05, 4.69) is 4.98 Å². The number of methoxy groups -OCH3 is 1. The zero-order chi connectivity index (χ0) is 11.4. The average Bonchev–Trinajstić information content (AvgIpc) is 2.57. The van der Waals surface area contributed by atoms with Crippen molar-refractivity contribution < 1.29 is 9.53 Å². The first-order chi connectivity index (χ1) is 7.04. The van der Waals surface area contributed by atoms with Gasteiger partial charge < -0.3 is 9.64 Å². The molecule has 0 saturated heterocycles. The molecule has 0 unspecified atom stereocenters. The van der Waals surface area contributed by atoms with E-state index in [0.29, 0.717) is 5.88 Å². The van der Waals surface area contributed by atoms with Crippen LogP contribution >= 0.6 is 11.3 Å². The molecule has 0 saturated carbocycles. The Morgan fingerprint density at radius 1 is 1.53 bits per heavy atom. The lowest BCUT2D eigenvalue weighted by molar-refractivity contribution is -0.112. The fourth-order valence-electron chi connectivity index (χ4n) is 0.943. The van der Waals surface area contributed by atoms with Crippen molar-refractivity contribution in [1.82, 2.24) is 4.98 Å². The predicted octanol–water partition coefficient (Wildman–Crippen LogP) is 1.82. The lowest BCUT2D eigenvalue weighted by Gasteiger charge is -2.04. The SMILES string of the molecule is COc1nc(N(C)C)sc1/C=C/C(C)=O. The molecule has 5 heteroatoms. The van der Waals surface area contributed by atoms with Gasteiger partial charge in [0, 0.05) is 14.1 Å². The maximum Gasteiger partial charge on any atom is 0.233 e. The molecule has 0 fully saturated rings. The molecule has 82 valence electrons.